The molecule has 7 heteroatoms. The minimum Gasteiger partial charge on any atom is -0.493 e. The van der Waals surface area contributed by atoms with Crippen LogP contribution in [0.25, 0.3) is 0 Å². The summed E-state index contributed by atoms with van der Waals surface area (Å²) >= 11 is 0. The zero-order valence-corrected chi connectivity index (χ0v) is 17.5. The standard InChI is InChI=1S/C22H30FN3O3/c1-5-24-22(25-15-19(27)17-7-9-18(23)10-8-17)26(2)13-12-16-6-11-20(28-3)21(14-16)29-4/h6-11,14,19,27H,5,12-13,15H2,1-4H3,(H,24,25). The Morgan fingerprint density at radius 1 is 1.14 bits per heavy atom. The van der Waals surface area contributed by atoms with E-state index in [-0.39, 0.29) is 12.4 Å². The van der Waals surface area contributed by atoms with E-state index in [1.165, 1.54) is 12.1 Å². The smallest absolute Gasteiger partial charge is 0.193 e. The summed E-state index contributed by atoms with van der Waals surface area (Å²) in [4.78, 5) is 6.54. The third kappa shape index (κ3) is 6.64. The number of methoxy groups -OCH3 is 2. The van der Waals surface area contributed by atoms with Crippen LogP contribution in [0.4, 0.5) is 4.39 Å². The number of hydrogen-bond acceptors (Lipinski definition) is 4. The maximum Gasteiger partial charge on any atom is 0.193 e. The first-order valence-corrected chi connectivity index (χ1v) is 9.62. The molecule has 29 heavy (non-hydrogen) atoms. The summed E-state index contributed by atoms with van der Waals surface area (Å²) in [6.07, 6.45) is 0.00502. The number of hydrogen-bond donors (Lipinski definition) is 2. The van der Waals surface area contributed by atoms with Crippen LogP contribution in [0.5, 0.6) is 11.5 Å². The van der Waals surface area contributed by atoms with Gasteiger partial charge in [0.2, 0.25) is 0 Å². The van der Waals surface area contributed by atoms with E-state index in [1.54, 1.807) is 26.4 Å². The summed E-state index contributed by atoms with van der Waals surface area (Å²) in [7, 11) is 5.19. The van der Waals surface area contributed by atoms with Crippen molar-refractivity contribution in [3.05, 3.63) is 59.4 Å². The maximum atomic E-state index is 13.0. The monoisotopic (exact) mass is 403 g/mol. The van der Waals surface area contributed by atoms with Gasteiger partial charge in [0.05, 0.1) is 26.9 Å². The molecule has 0 bridgehead atoms. The molecular weight excluding hydrogens is 373 g/mol. The summed E-state index contributed by atoms with van der Waals surface area (Å²) in [5.74, 6) is 1.78. The quantitative estimate of drug-likeness (QED) is 0.498. The fourth-order valence-corrected chi connectivity index (χ4v) is 2.87. The highest BCUT2D eigenvalue weighted by molar-refractivity contribution is 5.79. The van der Waals surface area contributed by atoms with Gasteiger partial charge in [0, 0.05) is 20.1 Å². The molecule has 0 aliphatic carbocycles. The largest absolute Gasteiger partial charge is 0.493 e. The van der Waals surface area contributed by atoms with Gasteiger partial charge in [-0.05, 0) is 48.7 Å². The number of aliphatic hydroxyl groups excluding tert-OH is 1. The molecule has 0 aromatic heterocycles. The number of likely N-dealkylation sites (N-methyl/N-ethyl adjacent to an activating group) is 1. The predicted molar refractivity (Wildman–Crippen MR) is 113 cm³/mol. The molecule has 2 rings (SSSR count). The van der Waals surface area contributed by atoms with Gasteiger partial charge < -0.3 is 24.8 Å². The van der Waals surface area contributed by atoms with E-state index in [9.17, 15) is 9.50 Å². The van der Waals surface area contributed by atoms with Crippen LogP contribution >= 0.6 is 0 Å². The molecule has 0 fully saturated rings. The number of rotatable bonds is 9. The highest BCUT2D eigenvalue weighted by Gasteiger charge is 2.11. The van der Waals surface area contributed by atoms with Gasteiger partial charge in [-0.25, -0.2) is 4.39 Å². The predicted octanol–water partition coefficient (Wildman–Crippen LogP) is 3.02. The number of guanidine groups is 1. The van der Waals surface area contributed by atoms with E-state index in [2.05, 4.69) is 10.3 Å². The third-order valence-corrected chi connectivity index (χ3v) is 4.55. The lowest BCUT2D eigenvalue weighted by Crippen LogP contribution is -2.40. The molecule has 1 unspecified atom stereocenters. The van der Waals surface area contributed by atoms with Crippen LogP contribution in [0.1, 0.15) is 24.2 Å². The van der Waals surface area contributed by atoms with Gasteiger partial charge in [-0.15, -0.1) is 0 Å². The van der Waals surface area contributed by atoms with Crippen LogP contribution in [0, 0.1) is 5.82 Å². The normalized spacial score (nSPS) is 12.4. The summed E-state index contributed by atoms with van der Waals surface area (Å²) in [5, 5.41) is 13.6. The van der Waals surface area contributed by atoms with Crippen LogP contribution in [0.3, 0.4) is 0 Å². The number of nitrogens with zero attached hydrogens (tertiary/aromatic N) is 2. The highest BCUT2D eigenvalue weighted by Crippen LogP contribution is 2.27. The van der Waals surface area contributed by atoms with Gasteiger partial charge in [-0.2, -0.15) is 0 Å². The molecule has 0 amide bonds. The summed E-state index contributed by atoms with van der Waals surface area (Å²) in [6, 6.07) is 11.7. The van der Waals surface area contributed by atoms with E-state index in [4.69, 9.17) is 9.47 Å². The van der Waals surface area contributed by atoms with E-state index in [0.717, 1.165) is 18.5 Å². The van der Waals surface area contributed by atoms with Crippen LogP contribution < -0.4 is 14.8 Å². The fraction of sp³-hybridized carbons (Fsp3) is 0.409. The number of halogens is 1. The van der Waals surface area contributed by atoms with Crippen molar-refractivity contribution in [3.8, 4) is 11.5 Å². The molecule has 0 aliphatic heterocycles. The minimum atomic E-state index is -0.788. The average molecular weight is 403 g/mol. The van der Waals surface area contributed by atoms with Crippen molar-refractivity contribution in [2.75, 3.05) is 40.9 Å². The van der Waals surface area contributed by atoms with Crippen LogP contribution in [-0.2, 0) is 6.42 Å². The van der Waals surface area contributed by atoms with Gasteiger partial charge in [0.25, 0.3) is 0 Å². The second kappa shape index (κ2) is 11.3. The number of aliphatic imine (C=N–C) groups is 1. The van der Waals surface area contributed by atoms with E-state index in [0.29, 0.717) is 29.6 Å². The summed E-state index contributed by atoms with van der Waals surface area (Å²) < 4.78 is 23.7. The molecule has 0 radical (unpaired) electrons. The van der Waals surface area contributed by atoms with Crippen LogP contribution in [0.2, 0.25) is 0 Å². The topological polar surface area (TPSA) is 66.3 Å². The average Bonchev–Trinajstić information content (AvgIpc) is 2.74. The number of ether oxygens (including phenoxy) is 2. The van der Waals surface area contributed by atoms with Crippen LogP contribution in [0.15, 0.2) is 47.5 Å². The number of nitrogens with one attached hydrogen (secondary N) is 1. The lowest BCUT2D eigenvalue weighted by molar-refractivity contribution is 0.186. The molecule has 0 spiro atoms. The van der Waals surface area contributed by atoms with E-state index < -0.39 is 6.10 Å². The second-order valence-corrected chi connectivity index (χ2v) is 6.62. The van der Waals surface area contributed by atoms with Crippen LogP contribution in [-0.4, -0.2) is 56.9 Å². The molecule has 0 aliphatic rings. The first kappa shape index (κ1) is 22.5. The zero-order chi connectivity index (χ0) is 21.2. The first-order valence-electron chi connectivity index (χ1n) is 9.62. The Bertz CT molecular complexity index is 796. The molecule has 0 saturated heterocycles. The number of aliphatic hydroxyl groups is 1. The highest BCUT2D eigenvalue weighted by atomic mass is 19.1. The third-order valence-electron chi connectivity index (χ3n) is 4.55. The Kier molecular flexibility index (Phi) is 8.73. The Balaban J connectivity index is 2.00. The van der Waals surface area contributed by atoms with Crippen molar-refractivity contribution in [2.45, 2.75) is 19.4 Å². The van der Waals surface area contributed by atoms with Crippen molar-refractivity contribution in [1.29, 1.82) is 0 Å². The maximum absolute atomic E-state index is 13.0. The Hall–Kier alpha value is -2.80. The van der Waals surface area contributed by atoms with Gasteiger partial charge in [-0.1, -0.05) is 18.2 Å². The molecule has 2 aromatic rings. The summed E-state index contributed by atoms with van der Waals surface area (Å²) in [6.45, 7) is 3.63. The second-order valence-electron chi connectivity index (χ2n) is 6.62. The molecule has 0 heterocycles. The van der Waals surface area contributed by atoms with Gasteiger partial charge in [0.15, 0.2) is 17.5 Å². The molecule has 158 valence electrons. The molecule has 1 atom stereocenters. The van der Waals surface area contributed by atoms with E-state index >= 15 is 0 Å². The first-order chi connectivity index (χ1) is 14.0. The minimum absolute atomic E-state index is 0.189. The zero-order valence-electron chi connectivity index (χ0n) is 17.5. The van der Waals surface area contributed by atoms with Gasteiger partial charge in [0.1, 0.15) is 5.82 Å². The van der Waals surface area contributed by atoms with E-state index in [1.807, 2.05) is 37.1 Å². The molecule has 2 N–H and O–H groups in total. The van der Waals surface area contributed by atoms with Gasteiger partial charge in [-0.3, -0.25) is 4.99 Å². The van der Waals surface area contributed by atoms with Crippen molar-refractivity contribution in [1.82, 2.24) is 10.2 Å². The Labute approximate surface area is 172 Å². The number of benzene rings is 2. The van der Waals surface area contributed by atoms with Crippen molar-refractivity contribution in [3.63, 3.8) is 0 Å². The van der Waals surface area contributed by atoms with Crippen molar-refractivity contribution < 1.29 is 19.0 Å². The summed E-state index contributed by atoms with van der Waals surface area (Å²) in [5.41, 5.74) is 1.76. The van der Waals surface area contributed by atoms with Crippen molar-refractivity contribution in [2.24, 2.45) is 4.99 Å². The molecule has 0 saturated carbocycles. The molecule has 2 aromatic carbocycles. The SMILES string of the molecule is CCNC(=NCC(O)c1ccc(F)cc1)N(C)CCc1ccc(OC)c(OC)c1. The lowest BCUT2D eigenvalue weighted by atomic mass is 10.1. The lowest BCUT2D eigenvalue weighted by Gasteiger charge is -2.23. The Morgan fingerprint density at radius 3 is 2.45 bits per heavy atom. The Morgan fingerprint density at radius 2 is 1.83 bits per heavy atom. The fourth-order valence-electron chi connectivity index (χ4n) is 2.87. The molecular formula is C22H30FN3O3. The molecule has 6 nitrogen and oxygen atoms in total. The van der Waals surface area contributed by atoms with Gasteiger partial charge >= 0.3 is 0 Å². The van der Waals surface area contributed by atoms with Crippen molar-refractivity contribution >= 4 is 5.96 Å².